The Morgan fingerprint density at radius 2 is 1.93 bits per heavy atom. The summed E-state index contributed by atoms with van der Waals surface area (Å²) >= 11 is 0. The van der Waals surface area contributed by atoms with E-state index in [4.69, 9.17) is 4.74 Å². The van der Waals surface area contributed by atoms with Crippen LogP contribution in [0.15, 0.2) is 67.0 Å². The Hall–Kier alpha value is -3.61. The van der Waals surface area contributed by atoms with Gasteiger partial charge >= 0.3 is 0 Å². The van der Waals surface area contributed by atoms with Crippen LogP contribution in [0, 0.1) is 5.92 Å². The van der Waals surface area contributed by atoms with Gasteiger partial charge in [0.25, 0.3) is 0 Å². The predicted octanol–water partition coefficient (Wildman–Crippen LogP) is 2.59. The van der Waals surface area contributed by atoms with E-state index in [1.165, 1.54) is 0 Å². The van der Waals surface area contributed by atoms with E-state index in [0.29, 0.717) is 30.9 Å². The molecule has 1 saturated heterocycles. The number of para-hydroxylation sites is 3. The largest absolute Gasteiger partial charge is 0.495 e. The number of aromatic nitrogens is 2. The molecule has 1 aliphatic rings. The molecule has 7 nitrogen and oxygen atoms in total. The van der Waals surface area contributed by atoms with Crippen molar-refractivity contribution in [2.45, 2.75) is 12.8 Å². The maximum absolute atomic E-state index is 12.6. The van der Waals surface area contributed by atoms with E-state index in [2.05, 4.69) is 10.4 Å². The lowest BCUT2D eigenvalue weighted by Gasteiger charge is -2.19. The summed E-state index contributed by atoms with van der Waals surface area (Å²) in [5.41, 5.74) is 2.74. The summed E-state index contributed by atoms with van der Waals surface area (Å²) in [7, 11) is 1.57. The number of ether oxygens (including phenoxy) is 1. The summed E-state index contributed by atoms with van der Waals surface area (Å²) in [6.45, 7) is 0.857. The normalized spacial score (nSPS) is 16.0. The number of methoxy groups -OCH3 is 1. The highest BCUT2D eigenvalue weighted by Gasteiger charge is 2.36. The topological polar surface area (TPSA) is 76.5 Å². The third-order valence-corrected chi connectivity index (χ3v) is 5.24. The molecule has 30 heavy (non-hydrogen) atoms. The molecule has 1 fully saturated rings. The number of nitrogens with zero attached hydrogens (tertiary/aromatic N) is 3. The molecule has 0 spiro atoms. The van der Waals surface area contributed by atoms with Crippen LogP contribution < -0.4 is 15.0 Å². The Bertz CT molecular complexity index is 1030. The van der Waals surface area contributed by atoms with Gasteiger partial charge in [0.2, 0.25) is 11.8 Å². The van der Waals surface area contributed by atoms with E-state index < -0.39 is 0 Å². The molecule has 1 aromatic heterocycles. The molecular weight excluding hydrogens is 380 g/mol. The molecule has 1 N–H and O–H groups in total. The van der Waals surface area contributed by atoms with Crippen molar-refractivity contribution in [3.63, 3.8) is 0 Å². The second-order valence-electron chi connectivity index (χ2n) is 7.25. The molecule has 3 aromatic rings. The fourth-order valence-corrected chi connectivity index (χ4v) is 3.65. The van der Waals surface area contributed by atoms with Gasteiger partial charge in [-0.1, -0.05) is 30.3 Å². The summed E-state index contributed by atoms with van der Waals surface area (Å²) in [4.78, 5) is 26.7. The van der Waals surface area contributed by atoms with Crippen LogP contribution in [0.5, 0.6) is 5.75 Å². The van der Waals surface area contributed by atoms with Crippen molar-refractivity contribution >= 4 is 17.5 Å². The third kappa shape index (κ3) is 4.20. The molecule has 154 valence electrons. The maximum Gasteiger partial charge on any atom is 0.227 e. The molecular formula is C23H24N4O3. The summed E-state index contributed by atoms with van der Waals surface area (Å²) in [6, 6.07) is 17.2. The number of amides is 2. The highest BCUT2D eigenvalue weighted by atomic mass is 16.5. The van der Waals surface area contributed by atoms with Crippen molar-refractivity contribution in [2.24, 2.45) is 5.92 Å². The molecule has 1 unspecified atom stereocenters. The zero-order chi connectivity index (χ0) is 20.9. The zero-order valence-electron chi connectivity index (χ0n) is 16.8. The average molecular weight is 404 g/mol. The van der Waals surface area contributed by atoms with Gasteiger partial charge in [0.05, 0.1) is 30.6 Å². The molecule has 0 radical (unpaired) electrons. The first-order chi connectivity index (χ1) is 14.7. The van der Waals surface area contributed by atoms with Crippen LogP contribution in [-0.2, 0) is 16.0 Å². The van der Waals surface area contributed by atoms with Gasteiger partial charge in [-0.05, 0) is 36.2 Å². The Balaban J connectivity index is 1.31. The van der Waals surface area contributed by atoms with Crippen LogP contribution in [0.3, 0.4) is 0 Å². The van der Waals surface area contributed by atoms with E-state index in [1.54, 1.807) is 12.0 Å². The quantitative estimate of drug-likeness (QED) is 0.657. The van der Waals surface area contributed by atoms with E-state index in [0.717, 1.165) is 11.3 Å². The lowest BCUT2D eigenvalue weighted by molar-refractivity contribution is -0.126. The van der Waals surface area contributed by atoms with Crippen LogP contribution in [-0.4, -0.2) is 41.8 Å². The molecule has 7 heteroatoms. The zero-order valence-corrected chi connectivity index (χ0v) is 16.8. The summed E-state index contributed by atoms with van der Waals surface area (Å²) < 4.78 is 7.16. The van der Waals surface area contributed by atoms with Crippen LogP contribution in [0.1, 0.15) is 12.0 Å². The molecule has 0 saturated carbocycles. The smallest absolute Gasteiger partial charge is 0.227 e. The van der Waals surface area contributed by atoms with Crippen LogP contribution in [0.2, 0.25) is 0 Å². The standard InChI is InChI=1S/C23H24N4O3/c1-30-21-10-6-5-9-20(21)26-16-18(13-22(26)28)23(29)24-12-11-17-14-25-27(15-17)19-7-3-2-4-8-19/h2-10,14-15,18H,11-13,16H2,1H3,(H,24,29). The fraction of sp³-hybridized carbons (Fsp3) is 0.261. The molecule has 0 aliphatic carbocycles. The number of benzene rings is 2. The number of nitrogens with one attached hydrogen (secondary N) is 1. The van der Waals surface area contributed by atoms with Gasteiger partial charge in [-0.15, -0.1) is 0 Å². The van der Waals surface area contributed by atoms with Gasteiger partial charge in [-0.2, -0.15) is 5.10 Å². The van der Waals surface area contributed by atoms with Gasteiger partial charge in [0.1, 0.15) is 5.75 Å². The highest BCUT2D eigenvalue weighted by molar-refractivity contribution is 6.01. The molecule has 2 amide bonds. The fourth-order valence-electron chi connectivity index (χ4n) is 3.65. The Kier molecular flexibility index (Phi) is 5.79. The second kappa shape index (κ2) is 8.82. The number of anilines is 1. The van der Waals surface area contributed by atoms with Gasteiger partial charge < -0.3 is 15.0 Å². The summed E-state index contributed by atoms with van der Waals surface area (Å²) in [6.07, 6.45) is 4.65. The number of hydrogen-bond donors (Lipinski definition) is 1. The number of carbonyl (C=O) groups is 2. The van der Waals surface area contributed by atoms with E-state index in [-0.39, 0.29) is 24.2 Å². The first-order valence-corrected chi connectivity index (χ1v) is 9.96. The minimum atomic E-state index is -0.366. The van der Waals surface area contributed by atoms with Crippen molar-refractivity contribution in [1.29, 1.82) is 0 Å². The molecule has 4 rings (SSSR count). The number of hydrogen-bond acceptors (Lipinski definition) is 4. The van der Waals surface area contributed by atoms with Crippen LogP contribution in [0.4, 0.5) is 5.69 Å². The van der Waals surface area contributed by atoms with Crippen LogP contribution >= 0.6 is 0 Å². The molecule has 2 heterocycles. The lowest BCUT2D eigenvalue weighted by atomic mass is 10.1. The molecule has 0 bridgehead atoms. The third-order valence-electron chi connectivity index (χ3n) is 5.24. The van der Waals surface area contributed by atoms with Crippen molar-refractivity contribution in [2.75, 3.05) is 25.1 Å². The Morgan fingerprint density at radius 1 is 1.17 bits per heavy atom. The van der Waals surface area contributed by atoms with Crippen LogP contribution in [0.25, 0.3) is 5.69 Å². The van der Waals surface area contributed by atoms with Crippen molar-refractivity contribution in [3.8, 4) is 11.4 Å². The predicted molar refractivity (Wildman–Crippen MR) is 114 cm³/mol. The first-order valence-electron chi connectivity index (χ1n) is 9.96. The minimum absolute atomic E-state index is 0.0659. The van der Waals surface area contributed by atoms with Gasteiger partial charge in [0.15, 0.2) is 0 Å². The minimum Gasteiger partial charge on any atom is -0.495 e. The number of rotatable bonds is 7. The maximum atomic E-state index is 12.6. The van der Waals surface area contributed by atoms with Crippen molar-refractivity contribution in [1.82, 2.24) is 15.1 Å². The van der Waals surface area contributed by atoms with E-state index in [1.807, 2.05) is 71.7 Å². The van der Waals surface area contributed by atoms with E-state index in [9.17, 15) is 9.59 Å². The number of carbonyl (C=O) groups excluding carboxylic acids is 2. The van der Waals surface area contributed by atoms with Crippen molar-refractivity contribution < 1.29 is 14.3 Å². The SMILES string of the molecule is COc1ccccc1N1CC(C(=O)NCCc2cnn(-c3ccccc3)c2)CC1=O. The van der Waals surface area contributed by atoms with Gasteiger partial charge in [0, 0.05) is 25.7 Å². The molecule has 1 aliphatic heterocycles. The summed E-state index contributed by atoms with van der Waals surface area (Å²) in [5.74, 6) is 0.0942. The van der Waals surface area contributed by atoms with E-state index >= 15 is 0 Å². The highest BCUT2D eigenvalue weighted by Crippen LogP contribution is 2.32. The van der Waals surface area contributed by atoms with Gasteiger partial charge in [-0.3, -0.25) is 9.59 Å². The Labute approximate surface area is 175 Å². The lowest BCUT2D eigenvalue weighted by Crippen LogP contribution is -2.34. The molecule has 1 atom stereocenters. The average Bonchev–Trinajstić information content (AvgIpc) is 3.41. The second-order valence-corrected chi connectivity index (χ2v) is 7.25. The monoisotopic (exact) mass is 404 g/mol. The first kappa shape index (κ1) is 19.7. The molecule has 2 aromatic carbocycles. The van der Waals surface area contributed by atoms with Crippen molar-refractivity contribution in [3.05, 3.63) is 72.6 Å². The summed E-state index contributed by atoms with van der Waals surface area (Å²) in [5, 5.41) is 7.33. The van der Waals surface area contributed by atoms with Gasteiger partial charge in [-0.25, -0.2) is 4.68 Å². The Morgan fingerprint density at radius 3 is 2.73 bits per heavy atom.